The minimum Gasteiger partial charge on any atom is -0.497 e. The van der Waals surface area contributed by atoms with Crippen LogP contribution in [0.1, 0.15) is 42.5 Å². The number of methoxy groups -OCH3 is 3. The molecule has 0 aliphatic carbocycles. The average Bonchev–Trinajstić information content (AvgIpc) is 3.99. The van der Waals surface area contributed by atoms with Crippen LogP contribution in [0.4, 0.5) is 4.79 Å². The van der Waals surface area contributed by atoms with Gasteiger partial charge in [0.05, 0.1) is 56.3 Å². The molecule has 2 aromatic heterocycles. The van der Waals surface area contributed by atoms with E-state index >= 15 is 16.8 Å². The number of benzene rings is 5. The third-order valence-corrected chi connectivity index (χ3v) is 14.9. The van der Waals surface area contributed by atoms with E-state index in [9.17, 15) is 15.2 Å². The van der Waals surface area contributed by atoms with Crippen molar-refractivity contribution in [3.05, 3.63) is 125 Å². The lowest BCUT2D eigenvalue weighted by Gasteiger charge is -2.27. The molecule has 7 rings (SSSR count). The standard InChI is InChI=1S/C47H49N9O10S3/c1-47(2,3)66-46(58)49-25-33(29-57)53-68(59,60)40-23-22-37(38-8-7-9-39-43(38)50-41(24-48)67-39)42(45-51-54-56(52-45)28-32-14-20-36(65-6)21-15-32)44(40)69(61,62)55(26-30-10-16-34(63-4)17-11-30)27-31-12-18-35(64-5)19-13-31/h7-23,33,53,57H,25-29H2,1-6H3,(H,49,58)/t33-/m1/s1. The molecule has 7 aromatic rings. The van der Waals surface area contributed by atoms with Crippen LogP contribution in [0.15, 0.2) is 113 Å². The van der Waals surface area contributed by atoms with E-state index < -0.39 is 60.7 Å². The monoisotopic (exact) mass is 995 g/mol. The van der Waals surface area contributed by atoms with Gasteiger partial charge in [0.1, 0.15) is 38.7 Å². The molecule has 3 N–H and O–H groups in total. The molecular formula is C47H49N9O10S3. The van der Waals surface area contributed by atoms with Crippen molar-refractivity contribution in [2.45, 2.75) is 61.8 Å². The number of aromatic nitrogens is 5. The molecule has 69 heavy (non-hydrogen) atoms. The van der Waals surface area contributed by atoms with Crippen molar-refractivity contribution in [3.63, 3.8) is 0 Å². The summed E-state index contributed by atoms with van der Waals surface area (Å²) >= 11 is 1.12. The molecule has 22 heteroatoms. The first kappa shape index (κ1) is 49.9. The predicted octanol–water partition coefficient (Wildman–Crippen LogP) is 6.12. The zero-order valence-corrected chi connectivity index (χ0v) is 40.9. The predicted molar refractivity (Wildman–Crippen MR) is 257 cm³/mol. The number of carbonyl (C=O) groups excluding carboxylic acids is 1. The van der Waals surface area contributed by atoms with Gasteiger partial charge in [-0.25, -0.2) is 31.3 Å². The lowest BCUT2D eigenvalue weighted by molar-refractivity contribution is 0.0519. The lowest BCUT2D eigenvalue weighted by Crippen LogP contribution is -2.47. The number of alkyl carbamates (subject to hydrolysis) is 1. The van der Waals surface area contributed by atoms with Crippen LogP contribution in [0, 0.1) is 11.3 Å². The zero-order chi connectivity index (χ0) is 49.5. The van der Waals surface area contributed by atoms with Crippen LogP contribution in [-0.4, -0.2) is 104 Å². The normalized spacial score (nSPS) is 12.4. The summed E-state index contributed by atoms with van der Waals surface area (Å²) in [4.78, 5) is 17.0. The topological polar surface area (TPSA) is 250 Å². The van der Waals surface area contributed by atoms with E-state index in [1.165, 1.54) is 25.1 Å². The van der Waals surface area contributed by atoms with Crippen molar-refractivity contribution in [1.29, 1.82) is 5.26 Å². The summed E-state index contributed by atoms with van der Waals surface area (Å²) in [5, 5.41) is 36.3. The van der Waals surface area contributed by atoms with Gasteiger partial charge >= 0.3 is 6.09 Å². The van der Waals surface area contributed by atoms with Crippen molar-refractivity contribution in [3.8, 4) is 45.8 Å². The van der Waals surface area contributed by atoms with Gasteiger partial charge in [0.2, 0.25) is 25.9 Å². The van der Waals surface area contributed by atoms with Crippen molar-refractivity contribution in [2.75, 3.05) is 34.5 Å². The first-order valence-corrected chi connectivity index (χ1v) is 24.9. The molecule has 0 aliphatic rings. The summed E-state index contributed by atoms with van der Waals surface area (Å²) in [5.74, 6) is 1.40. The number of fused-ring (bicyclic) bond motifs is 1. The molecule has 0 saturated heterocycles. The number of aliphatic hydroxyl groups is 1. The number of hydrogen-bond donors (Lipinski definition) is 3. The van der Waals surface area contributed by atoms with Crippen molar-refractivity contribution >= 4 is 47.7 Å². The minimum absolute atomic E-state index is 0.0745. The Balaban J connectivity index is 1.49. The Hall–Kier alpha value is -7.00. The van der Waals surface area contributed by atoms with Crippen LogP contribution >= 0.6 is 11.3 Å². The first-order valence-electron chi connectivity index (χ1n) is 21.2. The number of rotatable bonds is 19. The largest absolute Gasteiger partial charge is 0.497 e. The Labute approximate surface area is 403 Å². The van der Waals surface area contributed by atoms with E-state index in [4.69, 9.17) is 18.9 Å². The van der Waals surface area contributed by atoms with Gasteiger partial charge in [0.15, 0.2) is 5.01 Å². The highest BCUT2D eigenvalue weighted by Crippen LogP contribution is 2.43. The smallest absolute Gasteiger partial charge is 0.407 e. The fraction of sp³-hybridized carbons (Fsp3) is 0.277. The van der Waals surface area contributed by atoms with Crippen LogP contribution in [0.2, 0.25) is 0 Å². The molecule has 0 radical (unpaired) electrons. The molecule has 0 fully saturated rings. The molecule has 1 amide bonds. The van der Waals surface area contributed by atoms with Gasteiger partial charge in [-0.2, -0.15) is 14.4 Å². The maximum atomic E-state index is 16.1. The number of ether oxygens (including phenoxy) is 4. The van der Waals surface area contributed by atoms with Gasteiger partial charge in [-0.3, -0.25) is 0 Å². The third-order valence-electron chi connectivity index (χ3n) is 10.4. The van der Waals surface area contributed by atoms with Gasteiger partial charge in [-0.1, -0.05) is 54.6 Å². The van der Waals surface area contributed by atoms with Crippen LogP contribution in [0.3, 0.4) is 0 Å². The van der Waals surface area contributed by atoms with E-state index in [-0.39, 0.29) is 41.6 Å². The third kappa shape index (κ3) is 11.8. The highest BCUT2D eigenvalue weighted by molar-refractivity contribution is 7.92. The maximum Gasteiger partial charge on any atom is 0.407 e. The SMILES string of the molecule is COc1ccc(CN(Cc2ccc(OC)cc2)S(=O)(=O)c2c(S(=O)(=O)N[C@@H](CO)CNC(=O)OC(C)(C)C)ccc(-c3cccc4sc(C#N)nc34)c2-c2nnn(Cc3ccc(OC)cc3)n2)cc1. The molecular weight excluding hydrogens is 947 g/mol. The van der Waals surface area contributed by atoms with Crippen LogP contribution < -0.4 is 24.2 Å². The van der Waals surface area contributed by atoms with Crippen LogP contribution in [-0.2, 0) is 44.4 Å². The number of thiazole rings is 1. The summed E-state index contributed by atoms with van der Waals surface area (Å²) in [7, 11) is -5.48. The van der Waals surface area contributed by atoms with E-state index in [0.717, 1.165) is 27.3 Å². The summed E-state index contributed by atoms with van der Waals surface area (Å²) in [6.07, 6.45) is -0.873. The maximum absolute atomic E-state index is 16.1. The number of nitriles is 1. The second-order valence-electron chi connectivity index (χ2n) is 16.4. The quantitative estimate of drug-likeness (QED) is 0.0826. The summed E-state index contributed by atoms with van der Waals surface area (Å²) in [5.41, 5.74) is 1.49. The summed E-state index contributed by atoms with van der Waals surface area (Å²) in [6.45, 7) is 3.25. The number of tetrazole rings is 1. The fourth-order valence-electron chi connectivity index (χ4n) is 7.17. The molecule has 1 atom stereocenters. The Kier molecular flexibility index (Phi) is 15.3. The van der Waals surface area contributed by atoms with E-state index in [1.807, 2.05) is 0 Å². The molecule has 360 valence electrons. The fourth-order valence-corrected chi connectivity index (χ4v) is 11.6. The minimum atomic E-state index is -5.05. The molecule has 0 spiro atoms. The molecule has 0 unspecified atom stereocenters. The molecule has 5 aromatic carbocycles. The number of hydrogen-bond acceptors (Lipinski definition) is 16. The Morgan fingerprint density at radius 2 is 1.41 bits per heavy atom. The summed E-state index contributed by atoms with van der Waals surface area (Å²) < 4.78 is 87.7. The van der Waals surface area contributed by atoms with Crippen molar-refractivity contribution < 1.29 is 45.7 Å². The van der Waals surface area contributed by atoms with Gasteiger partial charge in [0.25, 0.3) is 0 Å². The van der Waals surface area contributed by atoms with E-state index in [2.05, 4.69) is 36.5 Å². The Morgan fingerprint density at radius 1 is 0.826 bits per heavy atom. The van der Waals surface area contributed by atoms with Crippen molar-refractivity contribution in [1.82, 2.24) is 39.5 Å². The lowest BCUT2D eigenvalue weighted by atomic mass is 9.98. The average molecular weight is 996 g/mol. The molecule has 0 saturated carbocycles. The first-order chi connectivity index (χ1) is 32.9. The second kappa shape index (κ2) is 21.1. The van der Waals surface area contributed by atoms with E-state index in [1.54, 1.807) is 119 Å². The highest BCUT2D eigenvalue weighted by Gasteiger charge is 2.39. The second-order valence-corrected chi connectivity index (χ2v) is 21.0. The van der Waals surface area contributed by atoms with Gasteiger partial charge in [0, 0.05) is 25.2 Å². The molecule has 2 heterocycles. The van der Waals surface area contributed by atoms with Crippen LogP contribution in [0.5, 0.6) is 17.2 Å². The number of carbonyl (C=O) groups is 1. The van der Waals surface area contributed by atoms with Gasteiger partial charge in [-0.05, 0) is 96.8 Å². The highest BCUT2D eigenvalue weighted by atomic mass is 32.2. The molecule has 19 nitrogen and oxygen atoms in total. The number of nitrogens with one attached hydrogen (secondary N) is 2. The number of amides is 1. The molecule has 0 aliphatic heterocycles. The number of aliphatic hydroxyl groups excluding tert-OH is 1. The van der Waals surface area contributed by atoms with Gasteiger partial charge < -0.3 is 29.4 Å². The van der Waals surface area contributed by atoms with E-state index in [0.29, 0.717) is 44.2 Å². The zero-order valence-electron chi connectivity index (χ0n) is 38.4. The van der Waals surface area contributed by atoms with Crippen molar-refractivity contribution in [2.24, 2.45) is 0 Å². The summed E-state index contributed by atoms with van der Waals surface area (Å²) in [6, 6.07) is 29.0. The Bertz CT molecular complexity index is 3160. The number of nitrogens with zero attached hydrogens (tertiary/aromatic N) is 7. The molecule has 0 bridgehead atoms. The van der Waals surface area contributed by atoms with Crippen LogP contribution in [0.25, 0.3) is 32.7 Å². The Morgan fingerprint density at radius 3 is 1.94 bits per heavy atom. The van der Waals surface area contributed by atoms with Gasteiger partial charge in [-0.15, -0.1) is 21.5 Å². The number of para-hydroxylation sites is 1. The number of sulfonamides is 2.